The van der Waals surface area contributed by atoms with E-state index in [1.165, 1.54) is 17.9 Å². The van der Waals surface area contributed by atoms with Crippen molar-refractivity contribution in [3.63, 3.8) is 0 Å². The molecular weight excluding hydrogens is 210 g/mol. The average molecular weight is 225 g/mol. The van der Waals surface area contributed by atoms with Crippen LogP contribution in [0.4, 0.5) is 0 Å². The van der Waals surface area contributed by atoms with Crippen molar-refractivity contribution in [1.82, 2.24) is 4.90 Å². The highest BCUT2D eigenvalue weighted by atomic mass is 32.2. The van der Waals surface area contributed by atoms with Gasteiger partial charge in [-0.15, -0.1) is 0 Å². The predicted molar refractivity (Wildman–Crippen MR) is 61.3 cm³/mol. The van der Waals surface area contributed by atoms with Gasteiger partial charge in [-0.3, -0.25) is 9.69 Å². The Kier molecular flexibility index (Phi) is 3.49. The van der Waals surface area contributed by atoms with Crippen LogP contribution in [0.3, 0.4) is 0 Å². The van der Waals surface area contributed by atoms with Crippen molar-refractivity contribution in [2.24, 2.45) is 0 Å². The summed E-state index contributed by atoms with van der Waals surface area (Å²) in [4.78, 5) is 12.8. The Morgan fingerprint density at radius 3 is 3.13 bits per heavy atom. The van der Waals surface area contributed by atoms with Crippen LogP contribution in [-0.2, 0) is 6.54 Å². The largest absolute Gasteiger partial charge is 0.457 e. The van der Waals surface area contributed by atoms with E-state index in [1.807, 2.05) is 17.8 Å². The van der Waals surface area contributed by atoms with Crippen molar-refractivity contribution in [1.29, 1.82) is 0 Å². The number of thioether (sulfide) groups is 1. The minimum atomic E-state index is 0.416. The van der Waals surface area contributed by atoms with Crippen LogP contribution >= 0.6 is 11.8 Å². The van der Waals surface area contributed by atoms with E-state index in [1.54, 1.807) is 6.07 Å². The summed E-state index contributed by atoms with van der Waals surface area (Å²) in [5, 5.41) is 0. The van der Waals surface area contributed by atoms with Gasteiger partial charge in [0, 0.05) is 11.8 Å². The van der Waals surface area contributed by atoms with Gasteiger partial charge in [-0.25, -0.2) is 0 Å². The van der Waals surface area contributed by atoms with E-state index >= 15 is 0 Å². The third-order valence-electron chi connectivity index (χ3n) is 2.73. The lowest BCUT2D eigenvalue weighted by molar-refractivity contribution is 0.109. The molecule has 1 aromatic rings. The SMILES string of the molecule is CN(Cc1ccc(C=O)o1)C1CCSC1. The normalized spacial score (nSPS) is 21.1. The molecule has 2 rings (SSSR count). The van der Waals surface area contributed by atoms with E-state index in [4.69, 9.17) is 4.42 Å². The third-order valence-corrected chi connectivity index (χ3v) is 3.88. The van der Waals surface area contributed by atoms with Crippen molar-refractivity contribution in [3.05, 3.63) is 23.7 Å². The molecule has 0 bridgehead atoms. The second kappa shape index (κ2) is 4.86. The fraction of sp³-hybridized carbons (Fsp3) is 0.545. The number of hydrogen-bond donors (Lipinski definition) is 0. The number of aldehydes is 1. The number of furan rings is 1. The van der Waals surface area contributed by atoms with Crippen LogP contribution < -0.4 is 0 Å². The van der Waals surface area contributed by atoms with Crippen molar-refractivity contribution in [3.8, 4) is 0 Å². The Morgan fingerprint density at radius 2 is 2.53 bits per heavy atom. The molecule has 1 fully saturated rings. The van der Waals surface area contributed by atoms with Gasteiger partial charge in [-0.2, -0.15) is 11.8 Å². The van der Waals surface area contributed by atoms with E-state index in [9.17, 15) is 4.79 Å². The van der Waals surface area contributed by atoms with Gasteiger partial charge >= 0.3 is 0 Å². The Hall–Kier alpha value is -0.740. The lowest BCUT2D eigenvalue weighted by atomic mass is 10.2. The molecule has 4 heteroatoms. The summed E-state index contributed by atoms with van der Waals surface area (Å²) < 4.78 is 5.35. The predicted octanol–water partition coefficient (Wildman–Crippen LogP) is 2.03. The molecule has 1 aliphatic rings. The van der Waals surface area contributed by atoms with Gasteiger partial charge in [0.1, 0.15) is 5.76 Å². The molecule has 1 unspecified atom stereocenters. The second-order valence-corrected chi connectivity index (χ2v) is 5.00. The van der Waals surface area contributed by atoms with Gasteiger partial charge < -0.3 is 4.42 Å². The molecular formula is C11H15NO2S. The first-order chi connectivity index (χ1) is 7.29. The number of rotatable bonds is 4. The Balaban J connectivity index is 1.92. The van der Waals surface area contributed by atoms with Gasteiger partial charge in [0.2, 0.25) is 0 Å². The van der Waals surface area contributed by atoms with Gasteiger partial charge in [0.05, 0.1) is 6.54 Å². The molecule has 1 atom stereocenters. The quantitative estimate of drug-likeness (QED) is 0.734. The van der Waals surface area contributed by atoms with Crippen LogP contribution in [0.5, 0.6) is 0 Å². The zero-order valence-corrected chi connectivity index (χ0v) is 9.63. The number of nitrogens with zero attached hydrogens (tertiary/aromatic N) is 1. The Bertz CT molecular complexity index is 331. The number of carbonyl (C=O) groups excluding carboxylic acids is 1. The summed E-state index contributed by atoms with van der Waals surface area (Å²) in [5.41, 5.74) is 0. The average Bonchev–Trinajstić information content (AvgIpc) is 2.87. The molecule has 0 amide bonds. The van der Waals surface area contributed by atoms with Crippen molar-refractivity contribution < 1.29 is 9.21 Å². The fourth-order valence-electron chi connectivity index (χ4n) is 1.79. The summed E-state index contributed by atoms with van der Waals surface area (Å²) >= 11 is 2.00. The first-order valence-corrected chi connectivity index (χ1v) is 6.27. The monoisotopic (exact) mass is 225 g/mol. The number of hydrogen-bond acceptors (Lipinski definition) is 4. The molecule has 3 nitrogen and oxygen atoms in total. The van der Waals surface area contributed by atoms with E-state index in [2.05, 4.69) is 11.9 Å². The molecule has 82 valence electrons. The zero-order valence-electron chi connectivity index (χ0n) is 8.81. The summed E-state index contributed by atoms with van der Waals surface area (Å²) in [6.07, 6.45) is 2.00. The van der Waals surface area contributed by atoms with Crippen LogP contribution in [0.2, 0.25) is 0 Å². The first kappa shape index (κ1) is 10.8. The molecule has 0 radical (unpaired) electrons. The van der Waals surface area contributed by atoms with Crippen molar-refractivity contribution in [2.45, 2.75) is 19.0 Å². The maximum atomic E-state index is 10.5. The van der Waals surface area contributed by atoms with Gasteiger partial charge in [0.15, 0.2) is 12.0 Å². The highest BCUT2D eigenvalue weighted by Crippen LogP contribution is 2.22. The maximum Gasteiger partial charge on any atom is 0.185 e. The van der Waals surface area contributed by atoms with E-state index in [-0.39, 0.29) is 0 Å². The highest BCUT2D eigenvalue weighted by molar-refractivity contribution is 7.99. The molecule has 0 aliphatic carbocycles. The topological polar surface area (TPSA) is 33.5 Å². The molecule has 0 N–H and O–H groups in total. The van der Waals surface area contributed by atoms with Crippen molar-refractivity contribution >= 4 is 18.0 Å². The van der Waals surface area contributed by atoms with Crippen LogP contribution in [0.25, 0.3) is 0 Å². The van der Waals surface area contributed by atoms with E-state index < -0.39 is 0 Å². The second-order valence-electron chi connectivity index (χ2n) is 3.85. The summed E-state index contributed by atoms with van der Waals surface area (Å²) in [5.74, 6) is 3.75. The maximum absolute atomic E-state index is 10.5. The Morgan fingerprint density at radius 1 is 1.67 bits per heavy atom. The lowest BCUT2D eigenvalue weighted by Crippen LogP contribution is -2.30. The van der Waals surface area contributed by atoms with E-state index in [0.717, 1.165) is 18.6 Å². The molecule has 0 aromatic carbocycles. The van der Waals surface area contributed by atoms with Crippen LogP contribution in [0.1, 0.15) is 22.7 Å². The molecule has 15 heavy (non-hydrogen) atoms. The van der Waals surface area contributed by atoms with Crippen LogP contribution in [0.15, 0.2) is 16.5 Å². The fourth-order valence-corrected chi connectivity index (χ4v) is 3.09. The number of carbonyl (C=O) groups is 1. The molecule has 0 saturated carbocycles. The summed E-state index contributed by atoms with van der Waals surface area (Å²) in [6.45, 7) is 0.791. The Labute approximate surface area is 93.8 Å². The smallest absolute Gasteiger partial charge is 0.185 e. The van der Waals surface area contributed by atoms with E-state index in [0.29, 0.717) is 11.8 Å². The highest BCUT2D eigenvalue weighted by Gasteiger charge is 2.20. The first-order valence-electron chi connectivity index (χ1n) is 5.11. The molecule has 0 spiro atoms. The molecule has 2 heterocycles. The minimum absolute atomic E-state index is 0.416. The minimum Gasteiger partial charge on any atom is -0.457 e. The van der Waals surface area contributed by atoms with Gasteiger partial charge in [-0.05, 0) is 31.4 Å². The standard InChI is InChI=1S/C11H15NO2S/c1-12(9-4-5-15-8-9)6-10-2-3-11(7-13)14-10/h2-3,7,9H,4-6,8H2,1H3. The zero-order chi connectivity index (χ0) is 10.7. The summed E-state index contributed by atoms with van der Waals surface area (Å²) in [6, 6.07) is 4.25. The van der Waals surface area contributed by atoms with Gasteiger partial charge in [0.25, 0.3) is 0 Å². The van der Waals surface area contributed by atoms with Crippen molar-refractivity contribution in [2.75, 3.05) is 18.6 Å². The molecule has 1 aliphatic heterocycles. The van der Waals surface area contributed by atoms with Gasteiger partial charge in [-0.1, -0.05) is 0 Å². The van der Waals surface area contributed by atoms with Crippen LogP contribution in [0, 0.1) is 0 Å². The summed E-state index contributed by atoms with van der Waals surface area (Å²) in [7, 11) is 2.11. The third kappa shape index (κ3) is 2.63. The molecule has 1 aromatic heterocycles. The molecule has 1 saturated heterocycles. The lowest BCUT2D eigenvalue weighted by Gasteiger charge is -2.21. The van der Waals surface area contributed by atoms with Crippen LogP contribution in [-0.4, -0.2) is 35.8 Å².